The highest BCUT2D eigenvalue weighted by atomic mass is 16.5. The molecule has 0 aliphatic carbocycles. The van der Waals surface area contributed by atoms with Crippen molar-refractivity contribution in [3.63, 3.8) is 0 Å². The number of aromatic amines is 2. The van der Waals surface area contributed by atoms with Gasteiger partial charge in [-0.2, -0.15) is 5.10 Å². The van der Waals surface area contributed by atoms with E-state index in [0.29, 0.717) is 12.4 Å². The van der Waals surface area contributed by atoms with Gasteiger partial charge in [-0.1, -0.05) is 6.07 Å². The fourth-order valence-electron chi connectivity index (χ4n) is 3.66. The molecule has 0 atom stereocenters. The zero-order valence-corrected chi connectivity index (χ0v) is 15.4. The molecular weight excluding hydrogens is 350 g/mol. The molecule has 28 heavy (non-hydrogen) atoms. The van der Waals surface area contributed by atoms with Gasteiger partial charge in [0.25, 0.3) is 0 Å². The number of anilines is 1. The summed E-state index contributed by atoms with van der Waals surface area (Å²) in [7, 11) is 0. The highest BCUT2D eigenvalue weighted by Gasteiger charge is 2.15. The number of ether oxygens (including phenoxy) is 1. The van der Waals surface area contributed by atoms with Crippen molar-refractivity contribution in [1.29, 1.82) is 0 Å². The van der Waals surface area contributed by atoms with E-state index in [2.05, 4.69) is 62.5 Å². The number of hydrogen-bond acceptors (Lipinski definition) is 3. The molecule has 3 heterocycles. The van der Waals surface area contributed by atoms with Gasteiger partial charge in [-0.05, 0) is 65.4 Å². The summed E-state index contributed by atoms with van der Waals surface area (Å²) >= 11 is 0. The summed E-state index contributed by atoms with van der Waals surface area (Å²) in [4.78, 5) is 3.22. The number of H-pyrrole nitrogens is 2. The Morgan fingerprint density at radius 3 is 2.86 bits per heavy atom. The zero-order chi connectivity index (χ0) is 18.9. The van der Waals surface area contributed by atoms with E-state index in [1.54, 1.807) is 0 Å². The highest BCUT2D eigenvalue weighted by molar-refractivity contribution is 6.05. The van der Waals surface area contributed by atoms with Gasteiger partial charge in [0.05, 0.1) is 12.0 Å². The second kappa shape index (κ2) is 6.81. The van der Waals surface area contributed by atoms with Gasteiger partial charge >= 0.3 is 0 Å². The van der Waals surface area contributed by atoms with E-state index in [0.717, 1.165) is 51.6 Å². The lowest BCUT2D eigenvalue weighted by Gasteiger charge is -2.11. The number of benzene rings is 2. The van der Waals surface area contributed by atoms with Crippen molar-refractivity contribution >= 4 is 27.6 Å². The molecule has 0 saturated carbocycles. The van der Waals surface area contributed by atoms with Crippen molar-refractivity contribution in [2.75, 3.05) is 12.3 Å². The topological polar surface area (TPSA) is 84.6 Å². The molecule has 0 unspecified atom stereocenters. The molecule has 0 saturated heterocycles. The largest absolute Gasteiger partial charge is 0.491 e. The summed E-state index contributed by atoms with van der Waals surface area (Å²) in [6.45, 7) is 1.55. The summed E-state index contributed by atoms with van der Waals surface area (Å²) in [6, 6.07) is 16.5. The Labute approximate surface area is 161 Å². The van der Waals surface area contributed by atoms with Gasteiger partial charge in [0.15, 0.2) is 5.82 Å². The Bertz CT molecular complexity index is 1230. The number of aryl methyl sites for hydroxylation is 1. The van der Waals surface area contributed by atoms with Crippen molar-refractivity contribution in [1.82, 2.24) is 19.7 Å². The maximum absolute atomic E-state index is 6.19. The summed E-state index contributed by atoms with van der Waals surface area (Å²) < 4.78 is 8.18. The maximum Gasteiger partial charge on any atom is 0.153 e. The molecule has 5 aromatic rings. The Balaban J connectivity index is 1.43. The predicted molar refractivity (Wildman–Crippen MR) is 112 cm³/mol. The van der Waals surface area contributed by atoms with Crippen LogP contribution in [0.15, 0.2) is 67.1 Å². The van der Waals surface area contributed by atoms with Crippen LogP contribution in [-0.4, -0.2) is 26.4 Å². The van der Waals surface area contributed by atoms with Gasteiger partial charge in [-0.3, -0.25) is 5.10 Å². The standard InChI is InChI=1S/C22H21N5O/c23-22-20-17(15-4-6-18-16(14-15)8-9-24-18)5-7-19(21(20)25-26-22)28-13-3-12-27-10-1-2-11-27/h1-2,4-11,14,24H,3,12-13H2,(H3,23,25,26). The second-order valence-corrected chi connectivity index (χ2v) is 6.87. The molecule has 0 spiro atoms. The number of fused-ring (bicyclic) bond motifs is 2. The van der Waals surface area contributed by atoms with Gasteiger partial charge in [-0.25, -0.2) is 0 Å². The van der Waals surface area contributed by atoms with E-state index in [1.807, 2.05) is 24.4 Å². The molecule has 6 heteroatoms. The first kappa shape index (κ1) is 16.5. The predicted octanol–water partition coefficient (Wildman–Crippen LogP) is 4.56. The van der Waals surface area contributed by atoms with Crippen LogP contribution in [0.5, 0.6) is 5.75 Å². The molecule has 3 aromatic heterocycles. The van der Waals surface area contributed by atoms with Crippen molar-refractivity contribution in [2.45, 2.75) is 13.0 Å². The quantitative estimate of drug-likeness (QED) is 0.382. The van der Waals surface area contributed by atoms with Crippen molar-refractivity contribution in [3.8, 4) is 16.9 Å². The highest BCUT2D eigenvalue weighted by Crippen LogP contribution is 2.37. The lowest BCUT2D eigenvalue weighted by Crippen LogP contribution is -2.03. The smallest absolute Gasteiger partial charge is 0.153 e. The normalized spacial score (nSPS) is 11.4. The molecule has 5 rings (SSSR count). The van der Waals surface area contributed by atoms with E-state index in [9.17, 15) is 0 Å². The van der Waals surface area contributed by atoms with Gasteiger partial charge < -0.3 is 20.0 Å². The molecule has 6 nitrogen and oxygen atoms in total. The van der Waals surface area contributed by atoms with E-state index in [4.69, 9.17) is 10.5 Å². The summed E-state index contributed by atoms with van der Waals surface area (Å²) in [6.07, 6.45) is 6.99. The van der Waals surface area contributed by atoms with E-state index >= 15 is 0 Å². The van der Waals surface area contributed by atoms with E-state index in [-0.39, 0.29) is 0 Å². The summed E-state index contributed by atoms with van der Waals surface area (Å²) in [5.41, 5.74) is 10.3. The average molecular weight is 371 g/mol. The van der Waals surface area contributed by atoms with Crippen molar-refractivity contribution in [3.05, 3.63) is 67.1 Å². The minimum atomic E-state index is 0.483. The van der Waals surface area contributed by atoms with Crippen LogP contribution in [-0.2, 0) is 6.54 Å². The molecule has 0 radical (unpaired) electrons. The fraction of sp³-hybridized carbons (Fsp3) is 0.136. The lowest BCUT2D eigenvalue weighted by molar-refractivity contribution is 0.304. The number of aromatic nitrogens is 4. The molecular formula is C22H21N5O. The van der Waals surface area contributed by atoms with Crippen LogP contribution in [0.3, 0.4) is 0 Å². The Morgan fingerprint density at radius 2 is 1.96 bits per heavy atom. The number of nitrogens with two attached hydrogens (primary N) is 1. The average Bonchev–Trinajstić information content (AvgIpc) is 3.46. The molecule has 0 aliphatic rings. The molecule has 0 aliphatic heterocycles. The molecule has 0 amide bonds. The molecule has 2 aromatic carbocycles. The molecule has 140 valence electrons. The Kier molecular flexibility index (Phi) is 4.01. The van der Waals surface area contributed by atoms with Gasteiger partial charge in [0.2, 0.25) is 0 Å². The van der Waals surface area contributed by atoms with Crippen molar-refractivity contribution in [2.24, 2.45) is 0 Å². The lowest BCUT2D eigenvalue weighted by atomic mass is 10.00. The van der Waals surface area contributed by atoms with Crippen LogP contribution in [0.2, 0.25) is 0 Å². The number of nitrogens with zero attached hydrogens (tertiary/aromatic N) is 2. The first-order chi connectivity index (χ1) is 13.8. The molecule has 4 N–H and O–H groups in total. The first-order valence-corrected chi connectivity index (χ1v) is 9.37. The van der Waals surface area contributed by atoms with Crippen LogP contribution in [0.1, 0.15) is 6.42 Å². The minimum absolute atomic E-state index is 0.483. The summed E-state index contributed by atoms with van der Waals surface area (Å²) in [5, 5.41) is 9.33. The molecule has 0 bridgehead atoms. The van der Waals surface area contributed by atoms with Crippen LogP contribution in [0.4, 0.5) is 5.82 Å². The third-order valence-corrected chi connectivity index (χ3v) is 5.06. The third kappa shape index (κ3) is 2.89. The Morgan fingerprint density at radius 1 is 1.07 bits per heavy atom. The minimum Gasteiger partial charge on any atom is -0.491 e. The fourth-order valence-corrected chi connectivity index (χ4v) is 3.66. The van der Waals surface area contributed by atoms with Crippen LogP contribution in [0, 0.1) is 0 Å². The van der Waals surface area contributed by atoms with Crippen LogP contribution < -0.4 is 10.5 Å². The van der Waals surface area contributed by atoms with Gasteiger partial charge in [0, 0.05) is 30.7 Å². The summed E-state index contributed by atoms with van der Waals surface area (Å²) in [5.74, 6) is 1.26. The number of nitrogen functional groups attached to an aromatic ring is 1. The first-order valence-electron chi connectivity index (χ1n) is 9.37. The van der Waals surface area contributed by atoms with E-state index in [1.165, 1.54) is 0 Å². The maximum atomic E-state index is 6.19. The molecule has 0 fully saturated rings. The van der Waals surface area contributed by atoms with Gasteiger partial charge in [-0.15, -0.1) is 0 Å². The number of rotatable bonds is 6. The second-order valence-electron chi connectivity index (χ2n) is 6.87. The SMILES string of the molecule is Nc1n[nH]c2c(OCCCn3cccc3)ccc(-c3ccc4[nH]ccc4c3)c12. The van der Waals surface area contributed by atoms with Crippen LogP contribution >= 0.6 is 0 Å². The number of nitrogens with one attached hydrogen (secondary N) is 2. The monoisotopic (exact) mass is 371 g/mol. The van der Waals surface area contributed by atoms with Crippen LogP contribution in [0.25, 0.3) is 32.9 Å². The van der Waals surface area contributed by atoms with Gasteiger partial charge in [0.1, 0.15) is 11.3 Å². The Hall–Kier alpha value is -3.67. The zero-order valence-electron chi connectivity index (χ0n) is 15.4. The number of hydrogen-bond donors (Lipinski definition) is 3. The van der Waals surface area contributed by atoms with Crippen molar-refractivity contribution < 1.29 is 4.74 Å². The third-order valence-electron chi connectivity index (χ3n) is 5.06. The van der Waals surface area contributed by atoms with E-state index < -0.39 is 0 Å².